The highest BCUT2D eigenvalue weighted by molar-refractivity contribution is 14.0. The first-order valence-electron chi connectivity index (χ1n) is 9.33. The third-order valence-corrected chi connectivity index (χ3v) is 5.78. The maximum absolute atomic E-state index is 5.65. The molecular formula is C21H28IN3O2. The van der Waals surface area contributed by atoms with Crippen LogP contribution in [0, 0.1) is 5.41 Å². The van der Waals surface area contributed by atoms with Gasteiger partial charge in [0.25, 0.3) is 0 Å². The van der Waals surface area contributed by atoms with E-state index in [0.717, 1.165) is 44.4 Å². The standard InChI is InChI=1S/C21H27N3O2.HI/c1-22-20(24-11-9-21(14-24)10-12-26-15-21)23-13-18-17-6-4-3-5-16(17)7-8-19(18)25-2;/h3-8H,9-15H2,1-2H3,(H,22,23);1H. The van der Waals surface area contributed by atoms with E-state index < -0.39 is 0 Å². The Labute approximate surface area is 178 Å². The van der Waals surface area contributed by atoms with Gasteiger partial charge < -0.3 is 19.7 Å². The lowest BCUT2D eigenvalue weighted by Gasteiger charge is -2.25. The van der Waals surface area contributed by atoms with Crippen LogP contribution in [-0.2, 0) is 11.3 Å². The lowest BCUT2D eigenvalue weighted by atomic mass is 9.87. The smallest absolute Gasteiger partial charge is 0.193 e. The van der Waals surface area contributed by atoms with Gasteiger partial charge in [0.1, 0.15) is 5.75 Å². The van der Waals surface area contributed by atoms with E-state index in [1.165, 1.54) is 22.8 Å². The first kappa shape index (κ1) is 20.2. The van der Waals surface area contributed by atoms with E-state index in [1.54, 1.807) is 7.11 Å². The number of halogens is 1. The number of hydrogen-bond donors (Lipinski definition) is 1. The van der Waals surface area contributed by atoms with Crippen molar-refractivity contribution >= 4 is 40.7 Å². The van der Waals surface area contributed by atoms with Crippen LogP contribution in [0.4, 0.5) is 0 Å². The Hall–Kier alpha value is -1.54. The van der Waals surface area contributed by atoms with Gasteiger partial charge in [0.15, 0.2) is 5.96 Å². The highest BCUT2D eigenvalue weighted by atomic mass is 127. The van der Waals surface area contributed by atoms with E-state index in [-0.39, 0.29) is 24.0 Å². The van der Waals surface area contributed by atoms with Crippen LogP contribution in [0.25, 0.3) is 10.8 Å². The normalized spacial score (nSPS) is 22.3. The van der Waals surface area contributed by atoms with E-state index in [0.29, 0.717) is 12.0 Å². The Morgan fingerprint density at radius 1 is 1.26 bits per heavy atom. The summed E-state index contributed by atoms with van der Waals surface area (Å²) >= 11 is 0. The molecule has 2 aromatic rings. The van der Waals surface area contributed by atoms with Crippen LogP contribution in [0.3, 0.4) is 0 Å². The number of rotatable bonds is 3. The largest absolute Gasteiger partial charge is 0.496 e. The number of nitrogens with zero attached hydrogens (tertiary/aromatic N) is 2. The number of fused-ring (bicyclic) bond motifs is 1. The number of hydrogen-bond acceptors (Lipinski definition) is 3. The van der Waals surface area contributed by atoms with Crippen molar-refractivity contribution in [2.75, 3.05) is 40.5 Å². The maximum Gasteiger partial charge on any atom is 0.193 e. The van der Waals surface area contributed by atoms with E-state index in [2.05, 4.69) is 45.5 Å². The van der Waals surface area contributed by atoms with E-state index in [4.69, 9.17) is 9.47 Å². The van der Waals surface area contributed by atoms with Gasteiger partial charge in [0, 0.05) is 44.3 Å². The first-order chi connectivity index (χ1) is 12.7. The molecule has 1 unspecified atom stereocenters. The third kappa shape index (κ3) is 4.01. The monoisotopic (exact) mass is 481 g/mol. The molecule has 27 heavy (non-hydrogen) atoms. The van der Waals surface area contributed by atoms with Crippen LogP contribution in [0.2, 0.25) is 0 Å². The number of guanidine groups is 1. The summed E-state index contributed by atoms with van der Waals surface area (Å²) in [6.45, 7) is 4.54. The predicted molar refractivity (Wildman–Crippen MR) is 120 cm³/mol. The van der Waals surface area contributed by atoms with Crippen LogP contribution < -0.4 is 10.1 Å². The summed E-state index contributed by atoms with van der Waals surface area (Å²) in [5.74, 6) is 1.87. The fourth-order valence-corrected chi connectivity index (χ4v) is 4.28. The molecule has 0 saturated carbocycles. The molecule has 0 bridgehead atoms. The van der Waals surface area contributed by atoms with Crippen LogP contribution in [0.15, 0.2) is 41.4 Å². The van der Waals surface area contributed by atoms with Crippen molar-refractivity contribution < 1.29 is 9.47 Å². The van der Waals surface area contributed by atoms with E-state index >= 15 is 0 Å². The van der Waals surface area contributed by atoms with E-state index in [1.807, 2.05) is 13.1 Å². The van der Waals surface area contributed by atoms with Gasteiger partial charge in [-0.25, -0.2) is 0 Å². The summed E-state index contributed by atoms with van der Waals surface area (Å²) in [6.07, 6.45) is 2.35. The van der Waals surface area contributed by atoms with Crippen molar-refractivity contribution in [3.05, 3.63) is 42.0 Å². The Balaban J connectivity index is 0.00000210. The zero-order valence-corrected chi connectivity index (χ0v) is 18.4. The molecule has 1 atom stereocenters. The Kier molecular flexibility index (Phi) is 6.47. The average molecular weight is 481 g/mol. The SMILES string of the molecule is CN=C(NCc1c(OC)ccc2ccccc12)N1CCC2(CCOC2)C1.I. The molecule has 1 spiro atoms. The molecule has 146 valence electrons. The number of ether oxygens (including phenoxy) is 2. The van der Waals surface area contributed by atoms with Gasteiger partial charge >= 0.3 is 0 Å². The Morgan fingerprint density at radius 3 is 2.85 bits per heavy atom. The zero-order valence-electron chi connectivity index (χ0n) is 16.0. The van der Waals surface area contributed by atoms with Crippen molar-refractivity contribution in [2.45, 2.75) is 19.4 Å². The van der Waals surface area contributed by atoms with Crippen molar-refractivity contribution in [1.82, 2.24) is 10.2 Å². The van der Waals surface area contributed by atoms with Gasteiger partial charge in [0.2, 0.25) is 0 Å². The highest BCUT2D eigenvalue weighted by Crippen LogP contribution is 2.38. The van der Waals surface area contributed by atoms with Gasteiger partial charge in [-0.1, -0.05) is 30.3 Å². The molecule has 2 heterocycles. The molecule has 2 aliphatic heterocycles. The predicted octanol–water partition coefficient (Wildman–Crippen LogP) is 3.65. The topological polar surface area (TPSA) is 46.1 Å². The van der Waals surface area contributed by atoms with Crippen LogP contribution in [-0.4, -0.2) is 51.3 Å². The van der Waals surface area contributed by atoms with E-state index in [9.17, 15) is 0 Å². The second kappa shape index (κ2) is 8.65. The molecule has 2 fully saturated rings. The lowest BCUT2D eigenvalue weighted by molar-refractivity contribution is 0.156. The number of nitrogens with one attached hydrogen (secondary N) is 1. The van der Waals surface area contributed by atoms with Crippen LogP contribution in [0.5, 0.6) is 5.75 Å². The molecule has 5 nitrogen and oxygen atoms in total. The van der Waals surface area contributed by atoms with Gasteiger partial charge in [-0.3, -0.25) is 4.99 Å². The summed E-state index contributed by atoms with van der Waals surface area (Å²) in [6, 6.07) is 12.6. The molecule has 0 radical (unpaired) electrons. The molecule has 2 saturated heterocycles. The van der Waals surface area contributed by atoms with Crippen molar-refractivity contribution in [1.29, 1.82) is 0 Å². The van der Waals surface area contributed by atoms with Crippen molar-refractivity contribution in [3.8, 4) is 5.75 Å². The zero-order chi connectivity index (χ0) is 18.0. The quantitative estimate of drug-likeness (QED) is 0.413. The summed E-state index contributed by atoms with van der Waals surface area (Å²) in [5.41, 5.74) is 1.50. The number of aliphatic imine (C=N–C) groups is 1. The molecule has 6 heteroatoms. The minimum absolute atomic E-state index is 0. The minimum atomic E-state index is 0. The summed E-state index contributed by atoms with van der Waals surface area (Å²) in [4.78, 5) is 6.89. The van der Waals surface area contributed by atoms with Crippen LogP contribution in [0.1, 0.15) is 18.4 Å². The minimum Gasteiger partial charge on any atom is -0.496 e. The molecule has 1 N–H and O–H groups in total. The summed E-state index contributed by atoms with van der Waals surface area (Å²) < 4.78 is 11.3. The molecule has 2 aliphatic rings. The van der Waals surface area contributed by atoms with Crippen molar-refractivity contribution in [2.24, 2.45) is 10.4 Å². The summed E-state index contributed by atoms with van der Waals surface area (Å²) in [7, 11) is 3.59. The van der Waals surface area contributed by atoms with Gasteiger partial charge in [0.05, 0.1) is 13.7 Å². The maximum atomic E-state index is 5.65. The fraction of sp³-hybridized carbons (Fsp3) is 0.476. The molecule has 4 rings (SSSR count). The fourth-order valence-electron chi connectivity index (χ4n) is 4.28. The first-order valence-corrected chi connectivity index (χ1v) is 9.33. The van der Waals surface area contributed by atoms with Gasteiger partial charge in [-0.05, 0) is 29.7 Å². The number of methoxy groups -OCH3 is 1. The highest BCUT2D eigenvalue weighted by Gasteiger charge is 2.42. The molecular weight excluding hydrogens is 453 g/mol. The molecule has 0 amide bonds. The summed E-state index contributed by atoms with van der Waals surface area (Å²) in [5, 5.41) is 6.00. The molecule has 0 aliphatic carbocycles. The molecule has 0 aromatic heterocycles. The average Bonchev–Trinajstić information content (AvgIpc) is 3.32. The van der Waals surface area contributed by atoms with Gasteiger partial charge in [-0.2, -0.15) is 0 Å². The molecule has 2 aromatic carbocycles. The number of benzene rings is 2. The number of likely N-dealkylation sites (tertiary alicyclic amines) is 1. The second-order valence-electron chi connectivity index (χ2n) is 7.34. The second-order valence-corrected chi connectivity index (χ2v) is 7.34. The Bertz CT molecular complexity index is 818. The van der Waals surface area contributed by atoms with Gasteiger partial charge in [-0.15, -0.1) is 24.0 Å². The lowest BCUT2D eigenvalue weighted by Crippen LogP contribution is -2.41. The van der Waals surface area contributed by atoms with Crippen molar-refractivity contribution in [3.63, 3.8) is 0 Å². The Morgan fingerprint density at radius 2 is 2.11 bits per heavy atom. The van der Waals surface area contributed by atoms with Crippen LogP contribution >= 0.6 is 24.0 Å². The third-order valence-electron chi connectivity index (χ3n) is 5.78.